The van der Waals surface area contributed by atoms with Crippen molar-refractivity contribution < 1.29 is 37.1 Å². The fourth-order valence-corrected chi connectivity index (χ4v) is 11.1. The van der Waals surface area contributed by atoms with Crippen LogP contribution in [0.1, 0.15) is 110 Å². The van der Waals surface area contributed by atoms with Crippen LogP contribution in [0, 0.1) is 17.8 Å². The van der Waals surface area contributed by atoms with Crippen LogP contribution in [0.15, 0.2) is 29.1 Å². The van der Waals surface area contributed by atoms with Gasteiger partial charge in [-0.15, -0.1) is 0 Å². The molecule has 7 atom stereocenters. The van der Waals surface area contributed by atoms with Gasteiger partial charge in [0.1, 0.15) is 29.8 Å². The maximum Gasteiger partial charge on any atom is 0.408 e. The van der Waals surface area contributed by atoms with Crippen molar-refractivity contribution in [2.45, 2.75) is 151 Å². The highest BCUT2D eigenvalue weighted by molar-refractivity contribution is 7.91. The number of carbonyl (C=O) groups is 4. The molecule has 3 heterocycles. The highest BCUT2D eigenvalue weighted by atomic mass is 32.2. The van der Waals surface area contributed by atoms with Gasteiger partial charge in [-0.2, -0.15) is 4.98 Å². The van der Waals surface area contributed by atoms with Crippen molar-refractivity contribution in [3.63, 3.8) is 0 Å². The van der Waals surface area contributed by atoms with Gasteiger partial charge in [-0.1, -0.05) is 51.2 Å². The van der Waals surface area contributed by atoms with Gasteiger partial charge < -0.3 is 25.0 Å². The van der Waals surface area contributed by atoms with Gasteiger partial charge in [0.25, 0.3) is 17.5 Å². The molecule has 56 heavy (non-hydrogen) atoms. The van der Waals surface area contributed by atoms with Crippen molar-refractivity contribution in [1.29, 1.82) is 0 Å². The lowest BCUT2D eigenvalue weighted by molar-refractivity contribution is -0.142. The molecule has 0 unspecified atom stereocenters. The van der Waals surface area contributed by atoms with Crippen LogP contribution in [0.3, 0.4) is 0 Å². The molecule has 15 nitrogen and oxygen atoms in total. The van der Waals surface area contributed by atoms with Crippen LogP contribution in [0.2, 0.25) is 0 Å². The largest absolute Gasteiger partial charge is 0.459 e. The average molecular weight is 795 g/mol. The van der Waals surface area contributed by atoms with E-state index in [1.807, 2.05) is 6.92 Å². The van der Waals surface area contributed by atoms with Crippen LogP contribution in [-0.2, 0) is 35.7 Å². The Morgan fingerprint density at radius 1 is 0.929 bits per heavy atom. The number of alkyl carbamates (subject to hydrolysis) is 1. The van der Waals surface area contributed by atoms with Crippen LogP contribution in [0.4, 0.5) is 4.79 Å². The molecular weight excluding hydrogens is 741 g/mol. The smallest absolute Gasteiger partial charge is 0.408 e. The maximum absolute atomic E-state index is 14.8. The second kappa shape index (κ2) is 15.6. The predicted molar refractivity (Wildman–Crippen MR) is 205 cm³/mol. The number of para-hydroxylation sites is 1. The van der Waals surface area contributed by atoms with Crippen LogP contribution < -0.4 is 25.7 Å². The average Bonchev–Trinajstić information content (AvgIpc) is 3.96. The lowest BCUT2D eigenvalue weighted by Crippen LogP contribution is -2.59. The summed E-state index contributed by atoms with van der Waals surface area (Å²) in [5, 5.41) is 5.67. The van der Waals surface area contributed by atoms with E-state index in [1.165, 1.54) is 4.90 Å². The highest BCUT2D eigenvalue weighted by Crippen LogP contribution is 2.47. The molecule has 304 valence electrons. The Hall–Kier alpha value is -4.21. The van der Waals surface area contributed by atoms with Crippen LogP contribution in [0.5, 0.6) is 6.01 Å². The predicted octanol–water partition coefficient (Wildman–Crippen LogP) is 3.67. The zero-order chi connectivity index (χ0) is 39.2. The molecule has 6 aliphatic rings. The number of amides is 4. The maximum atomic E-state index is 14.8. The lowest BCUT2D eigenvalue weighted by Gasteiger charge is -2.32. The SMILES string of the molecule is CC[C@@H]1C[C@]1(NC(=O)[C@@H]1C[C@@H]2CN1C(=O)[C@H](C1CCCC1)NC(=O)O[C@@H]1CCC[C@H]1CCCCCn1c(nc3ccccc3c1=O)O2)C(=O)NS(=O)(=O)C1CC1. The van der Waals surface area contributed by atoms with Gasteiger partial charge in [-0.05, 0) is 94.1 Å². The molecule has 4 saturated carbocycles. The number of hydrogen-bond acceptors (Lipinski definition) is 10. The summed E-state index contributed by atoms with van der Waals surface area (Å²) in [6, 6.07) is 5.09. The Morgan fingerprint density at radius 2 is 1.66 bits per heavy atom. The first kappa shape index (κ1) is 38.7. The number of hydrogen-bond donors (Lipinski definition) is 3. The standard InChI is InChI=1S/C40H54N6O9S/c1-2-26-22-40(26,37(50)44-56(52,53)28-18-19-28)43-34(47)31-21-27-23-46(31)36(49)33(25-12-5-6-13-25)42-39(51)55-32-17-10-14-24(32)11-4-3-9-20-45-35(48)29-15-7-8-16-30(29)41-38(45)54-27/h7-8,15-16,24-28,31-33H,2-6,9-14,17-23H2,1H3,(H,42,51)(H,43,47)(H,44,50)/t24-,26-,27-,31+,32-,33+,40-/m1/s1. The summed E-state index contributed by atoms with van der Waals surface area (Å²) >= 11 is 0. The number of nitrogens with zero attached hydrogens (tertiary/aromatic N) is 3. The van der Waals surface area contributed by atoms with E-state index in [4.69, 9.17) is 14.5 Å². The minimum absolute atomic E-state index is 0.0146. The third kappa shape index (κ3) is 7.73. The van der Waals surface area contributed by atoms with Crippen molar-refractivity contribution in [3.05, 3.63) is 34.6 Å². The summed E-state index contributed by atoms with van der Waals surface area (Å²) in [4.78, 5) is 76.7. The molecule has 4 amide bonds. The number of carbonyl (C=O) groups excluding carboxylic acids is 4. The Bertz CT molecular complexity index is 2030. The molecule has 2 aromatic rings. The van der Waals surface area contributed by atoms with Crippen molar-refractivity contribution in [2.24, 2.45) is 17.8 Å². The molecule has 8 rings (SSSR count). The van der Waals surface area contributed by atoms with E-state index in [2.05, 4.69) is 15.4 Å². The fourth-order valence-electron chi connectivity index (χ4n) is 9.74. The normalized spacial score (nSPS) is 31.6. The van der Waals surface area contributed by atoms with Gasteiger partial charge in [-0.25, -0.2) is 13.2 Å². The molecule has 1 saturated heterocycles. The van der Waals surface area contributed by atoms with E-state index < -0.39 is 62.8 Å². The van der Waals surface area contributed by atoms with Gasteiger partial charge in [0.05, 0.1) is 22.7 Å². The number of aromatic nitrogens is 2. The first-order chi connectivity index (χ1) is 27.0. The van der Waals surface area contributed by atoms with E-state index in [0.29, 0.717) is 43.1 Å². The molecule has 5 fully saturated rings. The van der Waals surface area contributed by atoms with Gasteiger partial charge in [0.15, 0.2) is 0 Å². The van der Waals surface area contributed by atoms with Gasteiger partial charge in [0, 0.05) is 13.0 Å². The second-order valence-corrected chi connectivity index (χ2v) is 18.9. The third-order valence-corrected chi connectivity index (χ3v) is 15.0. The molecule has 2 aliphatic heterocycles. The Balaban J connectivity index is 1.13. The topological polar surface area (TPSA) is 195 Å². The summed E-state index contributed by atoms with van der Waals surface area (Å²) in [5.41, 5.74) is -1.21. The first-order valence-corrected chi connectivity index (χ1v) is 22.3. The molecular formula is C40H54N6O9S. The quantitative estimate of drug-likeness (QED) is 0.372. The first-order valence-electron chi connectivity index (χ1n) is 20.8. The zero-order valence-electron chi connectivity index (χ0n) is 32.1. The number of rotatable bonds is 7. The van der Waals surface area contributed by atoms with Crippen molar-refractivity contribution in [1.82, 2.24) is 29.8 Å². The molecule has 0 spiro atoms. The minimum atomic E-state index is -3.88. The number of nitrogens with one attached hydrogen (secondary N) is 3. The van der Waals surface area contributed by atoms with Gasteiger partial charge in [-0.3, -0.25) is 28.5 Å². The second-order valence-electron chi connectivity index (χ2n) is 16.9. The van der Waals surface area contributed by atoms with Crippen LogP contribution in [0.25, 0.3) is 10.9 Å². The summed E-state index contributed by atoms with van der Waals surface area (Å²) in [5.74, 6) is -2.10. The summed E-state index contributed by atoms with van der Waals surface area (Å²) < 4.78 is 41.9. The van der Waals surface area contributed by atoms with Crippen molar-refractivity contribution >= 4 is 44.7 Å². The molecule has 4 aliphatic carbocycles. The van der Waals surface area contributed by atoms with E-state index in [0.717, 1.165) is 64.2 Å². The van der Waals surface area contributed by atoms with E-state index in [1.54, 1.807) is 28.8 Å². The number of benzene rings is 1. The van der Waals surface area contributed by atoms with Crippen LogP contribution in [-0.4, -0.2) is 88.3 Å². The van der Waals surface area contributed by atoms with Crippen molar-refractivity contribution in [2.75, 3.05) is 6.54 Å². The summed E-state index contributed by atoms with van der Waals surface area (Å²) in [6.45, 7) is 2.19. The number of ether oxygens (including phenoxy) is 2. The molecule has 3 N–H and O–H groups in total. The van der Waals surface area contributed by atoms with Gasteiger partial charge in [0.2, 0.25) is 21.8 Å². The molecule has 1 aromatic carbocycles. The van der Waals surface area contributed by atoms with E-state index in [9.17, 15) is 32.4 Å². The van der Waals surface area contributed by atoms with Crippen LogP contribution >= 0.6 is 0 Å². The molecule has 0 radical (unpaired) electrons. The Kier molecular flexibility index (Phi) is 10.8. The number of sulfonamides is 1. The highest BCUT2D eigenvalue weighted by Gasteiger charge is 2.62. The van der Waals surface area contributed by atoms with E-state index in [-0.39, 0.29) is 54.8 Å². The summed E-state index contributed by atoms with van der Waals surface area (Å²) in [6.07, 6.45) is 9.30. The molecule has 1 aromatic heterocycles. The minimum Gasteiger partial charge on any atom is -0.459 e. The lowest BCUT2D eigenvalue weighted by atomic mass is 9.96. The zero-order valence-corrected chi connectivity index (χ0v) is 32.9. The monoisotopic (exact) mass is 794 g/mol. The summed E-state index contributed by atoms with van der Waals surface area (Å²) in [7, 11) is -3.88. The third-order valence-electron chi connectivity index (χ3n) is 13.2. The van der Waals surface area contributed by atoms with Crippen molar-refractivity contribution in [3.8, 4) is 6.01 Å². The molecule has 2 bridgehead atoms. The Morgan fingerprint density at radius 3 is 2.41 bits per heavy atom. The Labute approximate surface area is 327 Å². The molecule has 16 heteroatoms. The van der Waals surface area contributed by atoms with E-state index >= 15 is 0 Å². The fraction of sp³-hybridized carbons (Fsp3) is 0.700. The number of fused-ring (bicyclic) bond motifs is 5. The van der Waals surface area contributed by atoms with Gasteiger partial charge >= 0.3 is 6.09 Å².